The lowest BCUT2D eigenvalue weighted by Crippen LogP contribution is -2.31. The van der Waals surface area contributed by atoms with Crippen molar-refractivity contribution in [1.82, 2.24) is 10.2 Å². The first kappa shape index (κ1) is 16.5. The van der Waals surface area contributed by atoms with Crippen molar-refractivity contribution in [3.05, 3.63) is 29.8 Å². The highest BCUT2D eigenvalue weighted by atomic mass is 16.2. The second-order valence-electron chi connectivity index (χ2n) is 5.15. The first-order valence-corrected chi connectivity index (χ1v) is 7.44. The fourth-order valence-corrected chi connectivity index (χ4v) is 2.02. The third-order valence-corrected chi connectivity index (χ3v) is 3.24. The van der Waals surface area contributed by atoms with Crippen molar-refractivity contribution in [3.63, 3.8) is 0 Å². The van der Waals surface area contributed by atoms with Gasteiger partial charge >= 0.3 is 6.03 Å². The van der Waals surface area contributed by atoms with Gasteiger partial charge in [0.2, 0.25) is 0 Å². The first-order chi connectivity index (χ1) is 9.58. The van der Waals surface area contributed by atoms with Gasteiger partial charge in [-0.3, -0.25) is 0 Å². The summed E-state index contributed by atoms with van der Waals surface area (Å²) < 4.78 is 0. The minimum atomic E-state index is -0.0572. The molecule has 0 aliphatic rings. The van der Waals surface area contributed by atoms with Crippen LogP contribution >= 0.6 is 0 Å². The lowest BCUT2D eigenvalue weighted by atomic mass is 10.1. The molecular formula is C16H27N3O. The van der Waals surface area contributed by atoms with E-state index in [0.29, 0.717) is 6.04 Å². The maximum atomic E-state index is 12.0. The summed E-state index contributed by atoms with van der Waals surface area (Å²) in [4.78, 5) is 13.7. The van der Waals surface area contributed by atoms with E-state index < -0.39 is 0 Å². The summed E-state index contributed by atoms with van der Waals surface area (Å²) in [5.41, 5.74) is 2.04. The summed E-state index contributed by atoms with van der Waals surface area (Å²) in [6.45, 7) is 8.11. The molecule has 0 heterocycles. The first-order valence-electron chi connectivity index (χ1n) is 7.44. The predicted molar refractivity (Wildman–Crippen MR) is 85.1 cm³/mol. The Labute approximate surface area is 122 Å². The van der Waals surface area contributed by atoms with Crippen LogP contribution in [0.25, 0.3) is 0 Å². The number of rotatable bonds is 7. The van der Waals surface area contributed by atoms with E-state index in [1.54, 1.807) is 4.90 Å². The van der Waals surface area contributed by atoms with Crippen molar-refractivity contribution < 1.29 is 4.79 Å². The largest absolute Gasteiger partial charge is 0.328 e. The molecule has 0 bridgehead atoms. The molecule has 0 aliphatic carbocycles. The lowest BCUT2D eigenvalue weighted by molar-refractivity contribution is 0.222. The van der Waals surface area contributed by atoms with Gasteiger partial charge in [-0.25, -0.2) is 4.79 Å². The number of amides is 2. The summed E-state index contributed by atoms with van der Waals surface area (Å²) in [6, 6.07) is 8.25. The Bertz CT molecular complexity index is 420. The summed E-state index contributed by atoms with van der Waals surface area (Å²) in [5, 5.41) is 6.39. The monoisotopic (exact) mass is 277 g/mol. The maximum Gasteiger partial charge on any atom is 0.321 e. The second-order valence-corrected chi connectivity index (χ2v) is 5.15. The van der Waals surface area contributed by atoms with Crippen LogP contribution in [0.1, 0.15) is 45.2 Å². The molecule has 20 heavy (non-hydrogen) atoms. The zero-order chi connectivity index (χ0) is 15.0. The third kappa shape index (κ3) is 5.21. The molecule has 0 radical (unpaired) electrons. The summed E-state index contributed by atoms with van der Waals surface area (Å²) in [5.74, 6) is 0. The smallest absolute Gasteiger partial charge is 0.321 e. The molecule has 2 N–H and O–H groups in total. The molecule has 4 heteroatoms. The minimum absolute atomic E-state index is 0.0572. The van der Waals surface area contributed by atoms with Gasteiger partial charge < -0.3 is 15.5 Å². The highest BCUT2D eigenvalue weighted by Crippen LogP contribution is 2.17. The van der Waals surface area contributed by atoms with E-state index in [0.717, 1.165) is 31.6 Å². The maximum absolute atomic E-state index is 12.0. The summed E-state index contributed by atoms with van der Waals surface area (Å²) >= 11 is 0. The fraction of sp³-hybridized carbons (Fsp3) is 0.562. The van der Waals surface area contributed by atoms with E-state index >= 15 is 0 Å². The van der Waals surface area contributed by atoms with Gasteiger partial charge in [0, 0.05) is 25.3 Å². The standard InChI is InChI=1S/C16H27N3O/c1-5-10-17-13(3)14-8-7-9-15(12-14)18-16(20)19(4)11-6-2/h7-9,12-13,17H,5-6,10-11H2,1-4H3,(H,18,20). The molecule has 1 aromatic carbocycles. The number of benzene rings is 1. The number of hydrogen-bond donors (Lipinski definition) is 2. The Balaban J connectivity index is 2.65. The van der Waals surface area contributed by atoms with Gasteiger partial charge in [0.05, 0.1) is 0 Å². The molecule has 0 fully saturated rings. The Kier molecular flexibility index (Phi) is 7.09. The minimum Gasteiger partial charge on any atom is -0.328 e. The van der Waals surface area contributed by atoms with E-state index in [9.17, 15) is 4.79 Å². The van der Waals surface area contributed by atoms with E-state index in [-0.39, 0.29) is 6.03 Å². The van der Waals surface area contributed by atoms with Gasteiger partial charge in [-0.15, -0.1) is 0 Å². The Morgan fingerprint density at radius 3 is 2.70 bits per heavy atom. The van der Waals surface area contributed by atoms with Crippen LogP contribution in [0.5, 0.6) is 0 Å². The molecule has 1 atom stereocenters. The van der Waals surface area contributed by atoms with Gasteiger partial charge in [-0.2, -0.15) is 0 Å². The normalized spacial score (nSPS) is 12.0. The zero-order valence-corrected chi connectivity index (χ0v) is 13.1. The van der Waals surface area contributed by atoms with E-state index in [4.69, 9.17) is 0 Å². The molecule has 1 aromatic rings. The van der Waals surface area contributed by atoms with Gasteiger partial charge in [0.15, 0.2) is 0 Å². The van der Waals surface area contributed by atoms with Gasteiger partial charge in [-0.1, -0.05) is 26.0 Å². The quantitative estimate of drug-likeness (QED) is 0.799. The van der Waals surface area contributed by atoms with Crippen LogP contribution < -0.4 is 10.6 Å². The Morgan fingerprint density at radius 1 is 1.30 bits per heavy atom. The molecule has 4 nitrogen and oxygen atoms in total. The second kappa shape index (κ2) is 8.59. The van der Waals surface area contributed by atoms with Gasteiger partial charge in [-0.05, 0) is 44.0 Å². The molecule has 0 spiro atoms. The molecule has 1 unspecified atom stereocenters. The van der Waals surface area contributed by atoms with Crippen LogP contribution in [0, 0.1) is 0 Å². The number of carbonyl (C=O) groups excluding carboxylic acids is 1. The summed E-state index contributed by atoms with van der Waals surface area (Å²) in [6.07, 6.45) is 2.07. The third-order valence-electron chi connectivity index (χ3n) is 3.24. The molecule has 1 rings (SSSR count). The van der Waals surface area contributed by atoms with Crippen molar-refractivity contribution in [2.75, 3.05) is 25.5 Å². The number of urea groups is 1. The molecule has 2 amide bonds. The molecule has 0 aromatic heterocycles. The van der Waals surface area contributed by atoms with Crippen LogP contribution in [0.4, 0.5) is 10.5 Å². The van der Waals surface area contributed by atoms with Crippen molar-refractivity contribution >= 4 is 11.7 Å². The van der Waals surface area contributed by atoms with Gasteiger partial charge in [0.1, 0.15) is 0 Å². The molecule has 0 saturated heterocycles. The highest BCUT2D eigenvalue weighted by molar-refractivity contribution is 5.89. The SMILES string of the molecule is CCCNC(C)c1cccc(NC(=O)N(C)CCC)c1. The lowest BCUT2D eigenvalue weighted by Gasteiger charge is -2.18. The van der Waals surface area contributed by atoms with Gasteiger partial charge in [0.25, 0.3) is 0 Å². The topological polar surface area (TPSA) is 44.4 Å². The average molecular weight is 277 g/mol. The average Bonchev–Trinajstić information content (AvgIpc) is 2.45. The fourth-order valence-electron chi connectivity index (χ4n) is 2.02. The van der Waals surface area contributed by atoms with E-state index in [1.165, 1.54) is 5.56 Å². The molecule has 112 valence electrons. The number of anilines is 1. The van der Waals surface area contributed by atoms with Crippen LogP contribution in [0.3, 0.4) is 0 Å². The molecular weight excluding hydrogens is 250 g/mol. The van der Waals surface area contributed by atoms with Crippen LogP contribution in [0.15, 0.2) is 24.3 Å². The van der Waals surface area contributed by atoms with Crippen LogP contribution in [-0.2, 0) is 0 Å². The summed E-state index contributed by atoms with van der Waals surface area (Å²) in [7, 11) is 1.81. The van der Waals surface area contributed by atoms with Crippen molar-refractivity contribution in [1.29, 1.82) is 0 Å². The van der Waals surface area contributed by atoms with E-state index in [2.05, 4.69) is 37.5 Å². The van der Waals surface area contributed by atoms with Crippen molar-refractivity contribution in [3.8, 4) is 0 Å². The molecule has 0 aliphatic heterocycles. The Morgan fingerprint density at radius 2 is 2.05 bits per heavy atom. The van der Waals surface area contributed by atoms with E-state index in [1.807, 2.05) is 25.2 Å². The highest BCUT2D eigenvalue weighted by Gasteiger charge is 2.09. The van der Waals surface area contributed by atoms with Crippen LogP contribution in [0.2, 0.25) is 0 Å². The predicted octanol–water partition coefficient (Wildman–Crippen LogP) is 3.62. The number of carbonyl (C=O) groups is 1. The molecule has 0 saturated carbocycles. The zero-order valence-electron chi connectivity index (χ0n) is 13.1. The number of nitrogens with one attached hydrogen (secondary N) is 2. The van der Waals surface area contributed by atoms with Crippen molar-refractivity contribution in [2.24, 2.45) is 0 Å². The Hall–Kier alpha value is -1.55. The van der Waals surface area contributed by atoms with Crippen molar-refractivity contribution in [2.45, 2.75) is 39.7 Å². The van der Waals surface area contributed by atoms with Crippen LogP contribution in [-0.4, -0.2) is 31.1 Å². The number of hydrogen-bond acceptors (Lipinski definition) is 2. The number of nitrogens with zero attached hydrogens (tertiary/aromatic N) is 1.